The molecular weight excluding hydrogens is 286 g/mol. The highest BCUT2D eigenvalue weighted by atomic mass is 35.5. The second kappa shape index (κ2) is 7.18. The van der Waals surface area contributed by atoms with E-state index >= 15 is 0 Å². The van der Waals surface area contributed by atoms with Gasteiger partial charge in [-0.3, -0.25) is 9.78 Å². The van der Waals surface area contributed by atoms with Gasteiger partial charge in [-0.15, -0.1) is 0 Å². The Morgan fingerprint density at radius 2 is 2.10 bits per heavy atom. The van der Waals surface area contributed by atoms with Crippen LogP contribution in [0.5, 0.6) is 0 Å². The van der Waals surface area contributed by atoms with E-state index < -0.39 is 0 Å². The van der Waals surface area contributed by atoms with E-state index in [9.17, 15) is 4.79 Å². The number of halogens is 1. The van der Waals surface area contributed by atoms with Crippen molar-refractivity contribution in [2.45, 2.75) is 26.3 Å². The summed E-state index contributed by atoms with van der Waals surface area (Å²) >= 11 is 6.00. The molecule has 0 saturated carbocycles. The Morgan fingerprint density at radius 1 is 1.29 bits per heavy atom. The van der Waals surface area contributed by atoms with Crippen molar-refractivity contribution in [1.82, 2.24) is 14.9 Å². The third kappa shape index (κ3) is 4.26. The number of carbonyl (C=O) groups is 1. The number of amides is 1. The fourth-order valence-electron chi connectivity index (χ4n) is 2.09. The van der Waals surface area contributed by atoms with Crippen LogP contribution in [0.25, 0.3) is 0 Å². The van der Waals surface area contributed by atoms with Gasteiger partial charge in [0.1, 0.15) is 5.15 Å². The molecule has 0 spiro atoms. The van der Waals surface area contributed by atoms with Crippen molar-refractivity contribution in [2.24, 2.45) is 0 Å². The average molecular weight is 304 g/mol. The Kier molecular flexibility index (Phi) is 5.28. The van der Waals surface area contributed by atoms with Gasteiger partial charge in [-0.05, 0) is 30.7 Å². The van der Waals surface area contributed by atoms with Crippen LogP contribution in [-0.2, 0) is 13.0 Å². The first-order valence-corrected chi connectivity index (χ1v) is 7.29. The minimum atomic E-state index is -0.0812. The van der Waals surface area contributed by atoms with Gasteiger partial charge in [0.15, 0.2) is 0 Å². The summed E-state index contributed by atoms with van der Waals surface area (Å²) in [5, 5.41) is 0.357. The van der Waals surface area contributed by atoms with Gasteiger partial charge in [0, 0.05) is 24.5 Å². The zero-order chi connectivity index (χ0) is 15.2. The largest absolute Gasteiger partial charge is 0.336 e. The van der Waals surface area contributed by atoms with Crippen molar-refractivity contribution >= 4 is 17.5 Å². The zero-order valence-electron chi connectivity index (χ0n) is 12.2. The maximum atomic E-state index is 12.5. The molecule has 0 fully saturated rings. The second-order valence-electron chi connectivity index (χ2n) is 4.90. The van der Waals surface area contributed by atoms with Gasteiger partial charge in [0.25, 0.3) is 5.91 Å². The van der Waals surface area contributed by atoms with Crippen LogP contribution < -0.4 is 0 Å². The van der Waals surface area contributed by atoms with Crippen LogP contribution in [0, 0.1) is 0 Å². The molecule has 0 atom stereocenters. The Morgan fingerprint density at radius 3 is 2.76 bits per heavy atom. The maximum absolute atomic E-state index is 12.5. The third-order valence-electron chi connectivity index (χ3n) is 3.07. The van der Waals surface area contributed by atoms with E-state index in [1.807, 2.05) is 24.3 Å². The number of carbonyl (C=O) groups excluding carboxylic acids is 1. The van der Waals surface area contributed by atoms with Crippen molar-refractivity contribution in [3.8, 4) is 0 Å². The van der Waals surface area contributed by atoms with Crippen molar-refractivity contribution in [2.75, 3.05) is 7.05 Å². The normalized spacial score (nSPS) is 10.4. The smallest absolute Gasteiger partial charge is 0.254 e. The number of hydrogen-bond acceptors (Lipinski definition) is 3. The number of rotatable bonds is 5. The van der Waals surface area contributed by atoms with E-state index in [2.05, 4.69) is 16.9 Å². The lowest BCUT2D eigenvalue weighted by Gasteiger charge is -2.17. The molecule has 0 aliphatic rings. The van der Waals surface area contributed by atoms with Gasteiger partial charge in [-0.1, -0.05) is 31.0 Å². The molecule has 2 aromatic rings. The van der Waals surface area contributed by atoms with Crippen LogP contribution in [0.3, 0.4) is 0 Å². The lowest BCUT2D eigenvalue weighted by Crippen LogP contribution is -2.26. The van der Waals surface area contributed by atoms with Crippen LogP contribution >= 0.6 is 11.6 Å². The molecule has 0 aromatic carbocycles. The van der Waals surface area contributed by atoms with Crippen molar-refractivity contribution in [1.29, 1.82) is 0 Å². The molecule has 4 nitrogen and oxygen atoms in total. The minimum Gasteiger partial charge on any atom is -0.336 e. The lowest BCUT2D eigenvalue weighted by atomic mass is 10.1. The fourth-order valence-corrected chi connectivity index (χ4v) is 2.31. The first kappa shape index (κ1) is 15.4. The highest BCUT2D eigenvalue weighted by Crippen LogP contribution is 2.15. The predicted octanol–water partition coefficient (Wildman–Crippen LogP) is 3.35. The quantitative estimate of drug-likeness (QED) is 0.796. The van der Waals surface area contributed by atoms with Crippen LogP contribution in [0.4, 0.5) is 0 Å². The topological polar surface area (TPSA) is 46.1 Å². The highest BCUT2D eigenvalue weighted by molar-refractivity contribution is 6.29. The fraction of sp³-hybridized carbons (Fsp3) is 0.312. The predicted molar refractivity (Wildman–Crippen MR) is 83.3 cm³/mol. The van der Waals surface area contributed by atoms with Crippen molar-refractivity contribution in [3.05, 3.63) is 58.6 Å². The summed E-state index contributed by atoms with van der Waals surface area (Å²) in [4.78, 5) is 22.6. The van der Waals surface area contributed by atoms with E-state index in [1.54, 1.807) is 24.2 Å². The van der Waals surface area contributed by atoms with Crippen molar-refractivity contribution < 1.29 is 4.79 Å². The van der Waals surface area contributed by atoms with Crippen molar-refractivity contribution in [3.63, 3.8) is 0 Å². The molecule has 110 valence electrons. The second-order valence-corrected chi connectivity index (χ2v) is 5.29. The highest BCUT2D eigenvalue weighted by Gasteiger charge is 2.14. The van der Waals surface area contributed by atoms with E-state index in [0.717, 1.165) is 24.2 Å². The summed E-state index contributed by atoms with van der Waals surface area (Å²) in [7, 11) is 1.75. The number of hydrogen-bond donors (Lipinski definition) is 0. The van der Waals surface area contributed by atoms with Gasteiger partial charge in [0.2, 0.25) is 0 Å². The Labute approximate surface area is 129 Å². The van der Waals surface area contributed by atoms with Crippen LogP contribution in [0.15, 0.2) is 36.5 Å². The summed E-state index contributed by atoms with van der Waals surface area (Å²) in [6.45, 7) is 2.53. The third-order valence-corrected chi connectivity index (χ3v) is 3.27. The van der Waals surface area contributed by atoms with Crippen LogP contribution in [0.2, 0.25) is 5.15 Å². The Balaban J connectivity index is 2.15. The number of aryl methyl sites for hydroxylation is 1. The molecule has 5 heteroatoms. The molecule has 0 radical (unpaired) electrons. The zero-order valence-corrected chi connectivity index (χ0v) is 13.0. The molecule has 0 aliphatic carbocycles. The summed E-state index contributed by atoms with van der Waals surface area (Å²) in [5.74, 6) is -0.0812. The van der Waals surface area contributed by atoms with E-state index in [-0.39, 0.29) is 5.91 Å². The van der Waals surface area contributed by atoms with Gasteiger partial charge < -0.3 is 4.90 Å². The molecule has 0 unspecified atom stereocenters. The van der Waals surface area contributed by atoms with E-state index in [1.165, 1.54) is 0 Å². The van der Waals surface area contributed by atoms with E-state index in [0.29, 0.717) is 17.3 Å². The van der Waals surface area contributed by atoms with Crippen LogP contribution in [0.1, 0.15) is 35.1 Å². The average Bonchev–Trinajstić information content (AvgIpc) is 2.47. The maximum Gasteiger partial charge on any atom is 0.254 e. The standard InChI is InChI=1S/C16H18ClN3O/c1-3-6-13-9-12(10-15(17)19-13)16(21)20(2)11-14-7-4-5-8-18-14/h4-5,7-10H,3,6,11H2,1-2H3. The van der Waals surface area contributed by atoms with Gasteiger partial charge >= 0.3 is 0 Å². The number of pyridine rings is 2. The Bertz CT molecular complexity index is 616. The first-order valence-electron chi connectivity index (χ1n) is 6.92. The lowest BCUT2D eigenvalue weighted by molar-refractivity contribution is 0.0783. The first-order chi connectivity index (χ1) is 10.1. The van der Waals surface area contributed by atoms with Crippen LogP contribution in [-0.4, -0.2) is 27.8 Å². The summed E-state index contributed by atoms with van der Waals surface area (Å²) in [5.41, 5.74) is 2.26. The SMILES string of the molecule is CCCc1cc(C(=O)N(C)Cc2ccccn2)cc(Cl)n1. The molecule has 2 heterocycles. The minimum absolute atomic E-state index is 0.0812. The molecule has 2 rings (SSSR count). The molecule has 21 heavy (non-hydrogen) atoms. The molecule has 0 aliphatic heterocycles. The van der Waals surface area contributed by atoms with Gasteiger partial charge in [0.05, 0.1) is 12.2 Å². The summed E-state index contributed by atoms with van der Waals surface area (Å²) in [6, 6.07) is 9.07. The Hall–Kier alpha value is -1.94. The molecule has 0 N–H and O–H groups in total. The summed E-state index contributed by atoms with van der Waals surface area (Å²) < 4.78 is 0. The summed E-state index contributed by atoms with van der Waals surface area (Å²) in [6.07, 6.45) is 3.49. The molecule has 1 amide bonds. The monoisotopic (exact) mass is 303 g/mol. The molecule has 2 aromatic heterocycles. The molecular formula is C16H18ClN3O. The number of nitrogens with zero attached hydrogens (tertiary/aromatic N) is 3. The molecule has 0 saturated heterocycles. The number of aromatic nitrogens is 2. The van der Waals surface area contributed by atoms with E-state index in [4.69, 9.17) is 11.6 Å². The van der Waals surface area contributed by atoms with Gasteiger partial charge in [-0.25, -0.2) is 4.98 Å². The van der Waals surface area contributed by atoms with Gasteiger partial charge in [-0.2, -0.15) is 0 Å². The molecule has 0 bridgehead atoms.